The van der Waals surface area contributed by atoms with E-state index in [1.165, 1.54) is 0 Å². The molecular formula is C14H26N2O3. The largest absolute Gasteiger partial charge is 0.481 e. The summed E-state index contributed by atoms with van der Waals surface area (Å²) >= 11 is 0. The van der Waals surface area contributed by atoms with Crippen LogP contribution >= 0.6 is 0 Å². The first-order chi connectivity index (χ1) is 8.87. The fourth-order valence-corrected chi connectivity index (χ4v) is 2.82. The number of carbonyl (C=O) groups is 2. The van der Waals surface area contributed by atoms with Gasteiger partial charge in [-0.15, -0.1) is 0 Å². The van der Waals surface area contributed by atoms with Crippen molar-refractivity contribution in [3.8, 4) is 0 Å². The van der Waals surface area contributed by atoms with Gasteiger partial charge in [-0.2, -0.15) is 0 Å². The van der Waals surface area contributed by atoms with Gasteiger partial charge in [0.25, 0.3) is 0 Å². The second kappa shape index (κ2) is 6.89. The highest BCUT2D eigenvalue weighted by Gasteiger charge is 2.37. The minimum absolute atomic E-state index is 0.0222. The molecule has 0 aromatic heterocycles. The molecule has 0 aromatic rings. The Balaban J connectivity index is 2.47. The van der Waals surface area contributed by atoms with Crippen molar-refractivity contribution in [1.29, 1.82) is 0 Å². The molecule has 1 fully saturated rings. The molecule has 19 heavy (non-hydrogen) atoms. The van der Waals surface area contributed by atoms with Crippen LogP contribution in [0.4, 0.5) is 0 Å². The monoisotopic (exact) mass is 270 g/mol. The molecule has 0 radical (unpaired) electrons. The maximum absolute atomic E-state index is 12.2. The average Bonchev–Trinajstić information content (AvgIpc) is 2.33. The third kappa shape index (κ3) is 4.82. The smallest absolute Gasteiger partial charge is 0.303 e. The number of rotatable bonds is 6. The van der Waals surface area contributed by atoms with Gasteiger partial charge in [-0.05, 0) is 24.7 Å². The highest BCUT2D eigenvalue weighted by Crippen LogP contribution is 2.30. The van der Waals surface area contributed by atoms with Crippen molar-refractivity contribution >= 4 is 11.9 Å². The SMILES string of the molecule is CCC(CNC(=O)C1(N)CCCC(C)C1)CC(=O)O. The van der Waals surface area contributed by atoms with Crippen LogP contribution in [0.25, 0.3) is 0 Å². The fourth-order valence-electron chi connectivity index (χ4n) is 2.82. The molecule has 4 N–H and O–H groups in total. The van der Waals surface area contributed by atoms with Gasteiger partial charge in [0.1, 0.15) is 0 Å². The van der Waals surface area contributed by atoms with E-state index < -0.39 is 11.5 Å². The molecule has 1 amide bonds. The number of amides is 1. The summed E-state index contributed by atoms with van der Waals surface area (Å²) in [6, 6.07) is 0. The maximum atomic E-state index is 12.2. The number of carbonyl (C=O) groups excluding carboxylic acids is 1. The Kier molecular flexibility index (Phi) is 5.79. The van der Waals surface area contributed by atoms with Crippen LogP contribution < -0.4 is 11.1 Å². The van der Waals surface area contributed by atoms with E-state index in [9.17, 15) is 9.59 Å². The van der Waals surface area contributed by atoms with Crippen LogP contribution in [0.3, 0.4) is 0 Å². The van der Waals surface area contributed by atoms with Gasteiger partial charge in [-0.3, -0.25) is 9.59 Å². The van der Waals surface area contributed by atoms with Gasteiger partial charge in [0.05, 0.1) is 5.54 Å². The number of carboxylic acids is 1. The van der Waals surface area contributed by atoms with Gasteiger partial charge in [0.2, 0.25) is 5.91 Å². The van der Waals surface area contributed by atoms with Gasteiger partial charge in [-0.1, -0.05) is 33.1 Å². The summed E-state index contributed by atoms with van der Waals surface area (Å²) in [6.45, 7) is 4.45. The van der Waals surface area contributed by atoms with Gasteiger partial charge < -0.3 is 16.2 Å². The van der Waals surface area contributed by atoms with E-state index in [4.69, 9.17) is 10.8 Å². The topological polar surface area (TPSA) is 92.4 Å². The van der Waals surface area contributed by atoms with Crippen molar-refractivity contribution < 1.29 is 14.7 Å². The molecule has 110 valence electrons. The summed E-state index contributed by atoms with van der Waals surface area (Å²) in [5.74, 6) is -0.491. The third-order valence-electron chi connectivity index (χ3n) is 4.08. The Labute approximate surface area is 114 Å². The summed E-state index contributed by atoms with van der Waals surface area (Å²) in [7, 11) is 0. The summed E-state index contributed by atoms with van der Waals surface area (Å²) in [5.41, 5.74) is 5.43. The van der Waals surface area contributed by atoms with Crippen LogP contribution in [0.15, 0.2) is 0 Å². The Hall–Kier alpha value is -1.10. The molecule has 5 heteroatoms. The number of hydrogen-bond donors (Lipinski definition) is 3. The molecule has 1 aliphatic carbocycles. The summed E-state index contributed by atoms with van der Waals surface area (Å²) in [5, 5.41) is 11.6. The zero-order valence-corrected chi connectivity index (χ0v) is 11.9. The van der Waals surface area contributed by atoms with E-state index >= 15 is 0 Å². The molecule has 5 nitrogen and oxygen atoms in total. The Morgan fingerprint density at radius 3 is 2.74 bits per heavy atom. The molecule has 0 aliphatic heterocycles. The first-order valence-electron chi connectivity index (χ1n) is 7.16. The van der Waals surface area contributed by atoms with Crippen molar-refractivity contribution in [3.05, 3.63) is 0 Å². The van der Waals surface area contributed by atoms with E-state index in [-0.39, 0.29) is 18.2 Å². The lowest BCUT2D eigenvalue weighted by atomic mass is 9.76. The lowest BCUT2D eigenvalue weighted by Crippen LogP contribution is -2.56. The van der Waals surface area contributed by atoms with Gasteiger partial charge in [0, 0.05) is 13.0 Å². The quantitative estimate of drug-likeness (QED) is 0.682. The highest BCUT2D eigenvalue weighted by molar-refractivity contribution is 5.86. The van der Waals surface area contributed by atoms with E-state index in [0.717, 1.165) is 25.7 Å². The molecular weight excluding hydrogens is 244 g/mol. The third-order valence-corrected chi connectivity index (χ3v) is 4.08. The first-order valence-corrected chi connectivity index (χ1v) is 7.16. The van der Waals surface area contributed by atoms with Crippen LogP contribution in [0.2, 0.25) is 0 Å². The van der Waals surface area contributed by atoms with E-state index in [2.05, 4.69) is 12.2 Å². The summed E-state index contributed by atoms with van der Waals surface area (Å²) in [6.07, 6.45) is 4.37. The normalized spacial score (nSPS) is 28.7. The molecule has 0 aromatic carbocycles. The predicted octanol–water partition coefficient (Wildman–Crippen LogP) is 1.51. The number of nitrogens with one attached hydrogen (secondary N) is 1. The molecule has 1 aliphatic rings. The molecule has 0 bridgehead atoms. The molecule has 0 saturated heterocycles. The van der Waals surface area contributed by atoms with Gasteiger partial charge >= 0.3 is 5.97 Å². The van der Waals surface area contributed by atoms with Crippen molar-refractivity contribution in [2.24, 2.45) is 17.6 Å². The zero-order valence-electron chi connectivity index (χ0n) is 11.9. The molecule has 0 spiro atoms. The van der Waals surface area contributed by atoms with Crippen molar-refractivity contribution in [2.75, 3.05) is 6.54 Å². The summed E-state index contributed by atoms with van der Waals surface area (Å²) in [4.78, 5) is 22.9. The standard InChI is InChI=1S/C14H26N2O3/c1-3-11(7-12(17)18)9-16-13(19)14(15)6-4-5-10(2)8-14/h10-11H,3-9,15H2,1-2H3,(H,16,19)(H,17,18). The minimum Gasteiger partial charge on any atom is -0.481 e. The van der Waals surface area contributed by atoms with E-state index in [1.54, 1.807) is 0 Å². The number of carboxylic acid groups (broad SMARTS) is 1. The molecule has 1 rings (SSSR count). The molecule has 1 saturated carbocycles. The first kappa shape index (κ1) is 16.0. The van der Waals surface area contributed by atoms with E-state index in [0.29, 0.717) is 18.9 Å². The average molecular weight is 270 g/mol. The second-order valence-electron chi connectivity index (χ2n) is 5.94. The summed E-state index contributed by atoms with van der Waals surface area (Å²) < 4.78 is 0. The molecule has 0 heterocycles. The van der Waals surface area contributed by atoms with Gasteiger partial charge in [-0.25, -0.2) is 0 Å². The van der Waals surface area contributed by atoms with Crippen LogP contribution in [0.5, 0.6) is 0 Å². The number of nitrogens with two attached hydrogens (primary N) is 1. The van der Waals surface area contributed by atoms with Crippen molar-refractivity contribution in [1.82, 2.24) is 5.32 Å². The van der Waals surface area contributed by atoms with Crippen LogP contribution in [0.1, 0.15) is 52.4 Å². The predicted molar refractivity (Wildman–Crippen MR) is 73.6 cm³/mol. The van der Waals surface area contributed by atoms with Crippen LogP contribution in [0, 0.1) is 11.8 Å². The van der Waals surface area contributed by atoms with E-state index in [1.807, 2.05) is 6.92 Å². The minimum atomic E-state index is -0.824. The van der Waals surface area contributed by atoms with Crippen molar-refractivity contribution in [2.45, 2.75) is 57.9 Å². The lowest BCUT2D eigenvalue weighted by Gasteiger charge is -2.35. The number of aliphatic carboxylic acids is 1. The number of hydrogen-bond acceptors (Lipinski definition) is 3. The Bertz CT molecular complexity index is 333. The molecule has 3 atom stereocenters. The maximum Gasteiger partial charge on any atom is 0.303 e. The van der Waals surface area contributed by atoms with Gasteiger partial charge in [0.15, 0.2) is 0 Å². The Morgan fingerprint density at radius 2 is 2.21 bits per heavy atom. The van der Waals surface area contributed by atoms with Crippen LogP contribution in [-0.2, 0) is 9.59 Å². The zero-order chi connectivity index (χ0) is 14.5. The fraction of sp³-hybridized carbons (Fsp3) is 0.857. The Morgan fingerprint density at radius 1 is 1.53 bits per heavy atom. The van der Waals surface area contributed by atoms with Crippen LogP contribution in [-0.4, -0.2) is 29.1 Å². The highest BCUT2D eigenvalue weighted by atomic mass is 16.4. The second-order valence-corrected chi connectivity index (χ2v) is 5.94. The lowest BCUT2D eigenvalue weighted by molar-refractivity contribution is -0.138. The van der Waals surface area contributed by atoms with Crippen molar-refractivity contribution in [3.63, 3.8) is 0 Å². The molecule has 3 unspecified atom stereocenters.